The quantitative estimate of drug-likeness (QED) is 0.314. The third-order valence-corrected chi connectivity index (χ3v) is 7.98. The average molecular weight is 459 g/mol. The van der Waals surface area contributed by atoms with Crippen LogP contribution in [0.1, 0.15) is 48.4 Å². The number of hydrogen-bond acceptors (Lipinski definition) is 2. The van der Waals surface area contributed by atoms with Gasteiger partial charge in [-0.3, -0.25) is 4.90 Å². The zero-order valence-electron chi connectivity index (χ0n) is 20.3. The van der Waals surface area contributed by atoms with Gasteiger partial charge in [0.05, 0.1) is 6.04 Å². The smallest absolute Gasteiger partial charge is 0.0578 e. The van der Waals surface area contributed by atoms with E-state index in [9.17, 15) is 0 Å². The topological polar surface area (TPSA) is 15.3 Å². The average Bonchev–Trinajstić information content (AvgIpc) is 3.15. The van der Waals surface area contributed by atoms with E-state index in [0.717, 1.165) is 6.54 Å². The second-order valence-corrected chi connectivity index (χ2v) is 10.2. The van der Waals surface area contributed by atoms with E-state index in [1.54, 1.807) is 0 Å². The second-order valence-electron chi connectivity index (χ2n) is 10.2. The van der Waals surface area contributed by atoms with E-state index >= 15 is 0 Å². The molecule has 2 heterocycles. The molecule has 0 saturated carbocycles. The van der Waals surface area contributed by atoms with Gasteiger partial charge in [-0.05, 0) is 53.5 Å². The van der Waals surface area contributed by atoms with Crippen molar-refractivity contribution in [3.63, 3.8) is 0 Å². The summed E-state index contributed by atoms with van der Waals surface area (Å²) >= 11 is 0. The van der Waals surface area contributed by atoms with Crippen molar-refractivity contribution in [1.82, 2.24) is 10.2 Å². The number of nitrogens with one attached hydrogen (secondary N) is 1. The first kappa shape index (κ1) is 22.3. The predicted molar refractivity (Wildman–Crippen MR) is 145 cm³/mol. The summed E-state index contributed by atoms with van der Waals surface area (Å²) in [7, 11) is 0. The normalized spacial score (nSPS) is 22.7. The number of rotatable bonds is 7. The van der Waals surface area contributed by atoms with Crippen LogP contribution in [0.5, 0.6) is 0 Å². The highest BCUT2D eigenvalue weighted by molar-refractivity contribution is 5.63. The molecule has 2 heteroatoms. The molecule has 2 bridgehead atoms. The molecular formula is C33H34N2. The minimum atomic E-state index is 0.214. The Balaban J connectivity index is 1.20. The summed E-state index contributed by atoms with van der Waals surface area (Å²) in [5, 5.41) is 4.11. The van der Waals surface area contributed by atoms with Crippen LogP contribution in [0, 0.1) is 0 Å². The van der Waals surface area contributed by atoms with Crippen molar-refractivity contribution in [2.24, 2.45) is 0 Å². The van der Waals surface area contributed by atoms with Crippen LogP contribution >= 0.6 is 0 Å². The van der Waals surface area contributed by atoms with Crippen LogP contribution in [-0.2, 0) is 6.54 Å². The fraction of sp³-hybridized carbons (Fsp3) is 0.273. The van der Waals surface area contributed by atoms with Gasteiger partial charge in [-0.2, -0.15) is 0 Å². The predicted octanol–water partition coefficient (Wildman–Crippen LogP) is 7.23. The van der Waals surface area contributed by atoms with E-state index in [4.69, 9.17) is 0 Å². The number of piperidine rings is 1. The van der Waals surface area contributed by atoms with E-state index in [-0.39, 0.29) is 6.04 Å². The van der Waals surface area contributed by atoms with E-state index in [1.165, 1.54) is 53.5 Å². The van der Waals surface area contributed by atoms with E-state index in [2.05, 4.69) is 125 Å². The summed E-state index contributed by atoms with van der Waals surface area (Å²) in [6.45, 7) is 1.09. The lowest BCUT2D eigenvalue weighted by atomic mass is 9.91. The lowest BCUT2D eigenvalue weighted by Crippen LogP contribution is -2.49. The summed E-state index contributed by atoms with van der Waals surface area (Å²) in [5.41, 5.74) is 6.67. The van der Waals surface area contributed by atoms with Crippen molar-refractivity contribution in [2.45, 2.75) is 56.4 Å². The maximum atomic E-state index is 4.11. The fourth-order valence-electron chi connectivity index (χ4n) is 6.23. The Morgan fingerprint density at radius 3 is 1.74 bits per heavy atom. The molecule has 1 N–H and O–H groups in total. The largest absolute Gasteiger partial charge is 0.303 e. The molecule has 4 atom stereocenters. The van der Waals surface area contributed by atoms with Gasteiger partial charge in [0, 0.05) is 24.7 Å². The van der Waals surface area contributed by atoms with Gasteiger partial charge < -0.3 is 5.32 Å². The summed E-state index contributed by atoms with van der Waals surface area (Å²) < 4.78 is 0. The molecule has 2 saturated heterocycles. The second kappa shape index (κ2) is 10.2. The van der Waals surface area contributed by atoms with Crippen LogP contribution in [0.2, 0.25) is 0 Å². The SMILES string of the molecule is c1ccc(CN2[C@@H]3CC[C@H]2CC(N[C@H](c2ccccc2)c2ccc(-c4ccccc4)cc2)C3)cc1. The third kappa shape index (κ3) is 4.96. The maximum Gasteiger partial charge on any atom is 0.0578 e. The molecule has 0 aromatic heterocycles. The molecule has 0 radical (unpaired) electrons. The maximum absolute atomic E-state index is 4.11. The fourth-order valence-corrected chi connectivity index (χ4v) is 6.23. The molecule has 176 valence electrons. The highest BCUT2D eigenvalue weighted by Gasteiger charge is 2.41. The molecule has 0 amide bonds. The van der Waals surface area contributed by atoms with E-state index in [0.29, 0.717) is 18.1 Å². The van der Waals surface area contributed by atoms with Gasteiger partial charge in [0.1, 0.15) is 0 Å². The number of hydrogen-bond donors (Lipinski definition) is 1. The summed E-state index contributed by atoms with van der Waals surface area (Å²) in [4.78, 5) is 2.78. The minimum absolute atomic E-state index is 0.214. The first-order valence-electron chi connectivity index (χ1n) is 13.1. The molecule has 1 unspecified atom stereocenters. The minimum Gasteiger partial charge on any atom is -0.303 e. The molecule has 2 fully saturated rings. The molecule has 0 spiro atoms. The lowest BCUT2D eigenvalue weighted by Gasteiger charge is -2.40. The molecule has 2 nitrogen and oxygen atoms in total. The van der Waals surface area contributed by atoms with Gasteiger partial charge in [0.15, 0.2) is 0 Å². The van der Waals surface area contributed by atoms with Gasteiger partial charge in [0.2, 0.25) is 0 Å². The van der Waals surface area contributed by atoms with Crippen molar-refractivity contribution < 1.29 is 0 Å². The molecule has 0 aliphatic carbocycles. The number of nitrogens with zero attached hydrogens (tertiary/aromatic N) is 1. The molecule has 35 heavy (non-hydrogen) atoms. The van der Waals surface area contributed by atoms with Gasteiger partial charge in [-0.1, -0.05) is 115 Å². The Labute approximate surface area is 209 Å². The van der Waals surface area contributed by atoms with Crippen molar-refractivity contribution in [3.05, 3.63) is 132 Å². The molecule has 6 rings (SSSR count). The van der Waals surface area contributed by atoms with Gasteiger partial charge in [0.25, 0.3) is 0 Å². The Morgan fingerprint density at radius 1 is 0.600 bits per heavy atom. The van der Waals surface area contributed by atoms with Crippen LogP contribution in [0.4, 0.5) is 0 Å². The van der Waals surface area contributed by atoms with Crippen LogP contribution in [0.3, 0.4) is 0 Å². The van der Waals surface area contributed by atoms with Crippen LogP contribution in [0.15, 0.2) is 115 Å². The lowest BCUT2D eigenvalue weighted by molar-refractivity contribution is 0.107. The van der Waals surface area contributed by atoms with Crippen LogP contribution < -0.4 is 5.32 Å². The van der Waals surface area contributed by atoms with Crippen molar-refractivity contribution in [2.75, 3.05) is 0 Å². The molecule has 2 aliphatic rings. The first-order valence-corrected chi connectivity index (χ1v) is 13.1. The van der Waals surface area contributed by atoms with Crippen molar-refractivity contribution in [1.29, 1.82) is 0 Å². The first-order chi connectivity index (χ1) is 17.3. The Morgan fingerprint density at radius 2 is 1.11 bits per heavy atom. The summed E-state index contributed by atoms with van der Waals surface area (Å²) in [5.74, 6) is 0. The highest BCUT2D eigenvalue weighted by Crippen LogP contribution is 2.38. The Hall–Kier alpha value is -3.20. The third-order valence-electron chi connectivity index (χ3n) is 7.98. The standard InChI is InChI=1S/C33H34N2/c1-4-10-25(11-5-1)24-35-31-20-21-32(35)23-30(22-31)34-33(28-14-8-3-9-15-28)29-18-16-27(17-19-29)26-12-6-2-7-13-26/h1-19,30-34H,20-24H2/t30?,31-,32+,33-/m1/s1. The highest BCUT2D eigenvalue weighted by atomic mass is 15.2. The van der Waals surface area contributed by atoms with Crippen molar-refractivity contribution in [3.8, 4) is 11.1 Å². The molecule has 2 aliphatic heterocycles. The van der Waals surface area contributed by atoms with E-state index in [1.807, 2.05) is 0 Å². The number of benzene rings is 4. The zero-order chi connectivity index (χ0) is 23.5. The van der Waals surface area contributed by atoms with Gasteiger partial charge in [-0.15, -0.1) is 0 Å². The summed E-state index contributed by atoms with van der Waals surface area (Å²) in [6, 6.07) is 43.9. The zero-order valence-corrected chi connectivity index (χ0v) is 20.3. The van der Waals surface area contributed by atoms with Crippen LogP contribution in [0.25, 0.3) is 11.1 Å². The summed E-state index contributed by atoms with van der Waals surface area (Å²) in [6.07, 6.45) is 5.12. The Bertz CT molecular complexity index is 1190. The van der Waals surface area contributed by atoms with Crippen molar-refractivity contribution >= 4 is 0 Å². The molecule has 4 aromatic rings. The van der Waals surface area contributed by atoms with Crippen LogP contribution in [-0.4, -0.2) is 23.0 Å². The van der Waals surface area contributed by atoms with E-state index < -0.39 is 0 Å². The van der Waals surface area contributed by atoms with Gasteiger partial charge in [-0.25, -0.2) is 0 Å². The Kier molecular flexibility index (Phi) is 6.49. The van der Waals surface area contributed by atoms with Gasteiger partial charge >= 0.3 is 0 Å². The number of fused-ring (bicyclic) bond motifs is 2. The monoisotopic (exact) mass is 458 g/mol. The molecular weight excluding hydrogens is 424 g/mol. The molecule has 4 aromatic carbocycles.